The third kappa shape index (κ3) is 4.75. The molecule has 0 radical (unpaired) electrons. The van der Waals surface area contributed by atoms with Crippen LogP contribution < -0.4 is 5.32 Å². The minimum atomic E-state index is -0.142. The number of carbonyl (C=O) groups is 2. The summed E-state index contributed by atoms with van der Waals surface area (Å²) in [6.07, 6.45) is 7.82. The van der Waals surface area contributed by atoms with Crippen LogP contribution in [0.1, 0.15) is 25.7 Å². The van der Waals surface area contributed by atoms with Crippen LogP contribution in [0.2, 0.25) is 5.02 Å². The Labute approximate surface area is 153 Å². The molecule has 134 valence electrons. The molecule has 0 aromatic heterocycles. The average Bonchev–Trinajstić information content (AvgIpc) is 2.88. The maximum absolute atomic E-state index is 12.7. The van der Waals surface area contributed by atoms with E-state index in [0.29, 0.717) is 30.3 Å². The Hall–Kier alpha value is -2.01. The Bertz CT molecular complexity index is 662. The number of nitrogens with one attached hydrogen (secondary N) is 1. The minimum absolute atomic E-state index is 0.108. The number of rotatable bonds is 2. The highest BCUT2D eigenvalue weighted by Crippen LogP contribution is 2.21. The Morgan fingerprint density at radius 2 is 1.88 bits per heavy atom. The zero-order chi connectivity index (χ0) is 17.6. The van der Waals surface area contributed by atoms with E-state index in [0.717, 1.165) is 32.2 Å². The van der Waals surface area contributed by atoms with Crippen molar-refractivity contribution in [3.05, 3.63) is 41.4 Å². The van der Waals surface area contributed by atoms with Crippen LogP contribution in [-0.4, -0.2) is 47.9 Å². The fraction of sp³-hybridized carbons (Fsp3) is 0.474. The van der Waals surface area contributed by atoms with Crippen LogP contribution in [0.3, 0.4) is 0 Å². The van der Waals surface area contributed by atoms with Crippen molar-refractivity contribution in [2.75, 3.05) is 31.5 Å². The molecular formula is C19H24ClN3O2. The molecule has 1 aromatic rings. The van der Waals surface area contributed by atoms with Crippen LogP contribution >= 0.6 is 11.6 Å². The summed E-state index contributed by atoms with van der Waals surface area (Å²) in [5.41, 5.74) is 0.684. The topological polar surface area (TPSA) is 52.7 Å². The molecule has 0 spiro atoms. The third-order valence-electron chi connectivity index (χ3n) is 4.79. The van der Waals surface area contributed by atoms with Crippen LogP contribution in [0.25, 0.3) is 0 Å². The normalized spacial score (nSPS) is 20.9. The molecule has 2 aliphatic rings. The predicted octanol–water partition coefficient (Wildman–Crippen LogP) is 3.76. The minimum Gasteiger partial charge on any atom is -0.341 e. The number of nitrogens with zero attached hydrogens (tertiary/aromatic N) is 2. The van der Waals surface area contributed by atoms with E-state index >= 15 is 0 Å². The van der Waals surface area contributed by atoms with Crippen molar-refractivity contribution in [1.29, 1.82) is 0 Å². The predicted molar refractivity (Wildman–Crippen MR) is 99.7 cm³/mol. The van der Waals surface area contributed by atoms with Gasteiger partial charge in [-0.1, -0.05) is 29.8 Å². The number of allylic oxidation sites excluding steroid dienone is 2. The highest BCUT2D eigenvalue weighted by molar-refractivity contribution is 6.30. The largest absolute Gasteiger partial charge is 0.341 e. The quantitative estimate of drug-likeness (QED) is 0.815. The van der Waals surface area contributed by atoms with E-state index in [1.165, 1.54) is 0 Å². The van der Waals surface area contributed by atoms with Crippen molar-refractivity contribution in [3.63, 3.8) is 0 Å². The van der Waals surface area contributed by atoms with Gasteiger partial charge in [0.05, 0.1) is 0 Å². The molecule has 3 amide bonds. The lowest BCUT2D eigenvalue weighted by Crippen LogP contribution is -2.41. The monoisotopic (exact) mass is 361 g/mol. The highest BCUT2D eigenvalue weighted by atomic mass is 35.5. The van der Waals surface area contributed by atoms with Crippen LogP contribution in [0.4, 0.5) is 10.5 Å². The summed E-state index contributed by atoms with van der Waals surface area (Å²) in [5, 5.41) is 3.47. The average molecular weight is 362 g/mol. The number of amides is 3. The van der Waals surface area contributed by atoms with E-state index < -0.39 is 0 Å². The second-order valence-corrected chi connectivity index (χ2v) is 7.02. The number of hydrogen-bond donors (Lipinski definition) is 1. The third-order valence-corrected chi connectivity index (χ3v) is 5.02. The second-order valence-electron chi connectivity index (χ2n) is 6.59. The van der Waals surface area contributed by atoms with Gasteiger partial charge < -0.3 is 15.1 Å². The molecule has 1 atom stereocenters. The Morgan fingerprint density at radius 3 is 2.64 bits per heavy atom. The van der Waals surface area contributed by atoms with Crippen molar-refractivity contribution in [3.8, 4) is 0 Å². The highest BCUT2D eigenvalue weighted by Gasteiger charge is 2.27. The molecule has 5 nitrogen and oxygen atoms in total. The molecule has 1 saturated heterocycles. The molecule has 1 heterocycles. The van der Waals surface area contributed by atoms with Crippen LogP contribution in [-0.2, 0) is 4.79 Å². The lowest BCUT2D eigenvalue weighted by Gasteiger charge is -2.27. The fourth-order valence-electron chi connectivity index (χ4n) is 3.39. The van der Waals surface area contributed by atoms with Crippen molar-refractivity contribution in [2.45, 2.75) is 25.7 Å². The van der Waals surface area contributed by atoms with Gasteiger partial charge in [-0.3, -0.25) is 4.79 Å². The van der Waals surface area contributed by atoms with Gasteiger partial charge in [0.15, 0.2) is 0 Å². The molecule has 0 saturated carbocycles. The molecule has 1 aliphatic carbocycles. The molecule has 0 bridgehead atoms. The molecule has 1 N–H and O–H groups in total. The maximum atomic E-state index is 12.7. The van der Waals surface area contributed by atoms with Gasteiger partial charge in [0.2, 0.25) is 5.91 Å². The van der Waals surface area contributed by atoms with Gasteiger partial charge in [0, 0.05) is 42.8 Å². The van der Waals surface area contributed by atoms with E-state index in [2.05, 4.69) is 17.5 Å². The van der Waals surface area contributed by atoms with Gasteiger partial charge >= 0.3 is 6.03 Å². The van der Waals surface area contributed by atoms with Gasteiger partial charge in [-0.05, 0) is 43.9 Å². The number of carbonyl (C=O) groups excluding carboxylic acids is 2. The zero-order valence-electron chi connectivity index (χ0n) is 14.3. The maximum Gasteiger partial charge on any atom is 0.321 e. The Balaban J connectivity index is 1.54. The van der Waals surface area contributed by atoms with E-state index in [9.17, 15) is 9.59 Å². The Kier molecular flexibility index (Phi) is 5.97. The molecule has 1 unspecified atom stereocenters. The Morgan fingerprint density at radius 1 is 1.08 bits per heavy atom. The summed E-state index contributed by atoms with van der Waals surface area (Å²) in [6.45, 7) is 2.53. The molecule has 1 fully saturated rings. The van der Waals surface area contributed by atoms with Crippen molar-refractivity contribution in [1.82, 2.24) is 9.80 Å². The zero-order valence-corrected chi connectivity index (χ0v) is 15.0. The van der Waals surface area contributed by atoms with E-state index in [4.69, 9.17) is 11.6 Å². The van der Waals surface area contributed by atoms with Gasteiger partial charge in [-0.2, -0.15) is 0 Å². The molecular weight excluding hydrogens is 338 g/mol. The summed E-state index contributed by atoms with van der Waals surface area (Å²) in [4.78, 5) is 28.8. The van der Waals surface area contributed by atoms with Gasteiger partial charge in [-0.15, -0.1) is 0 Å². The van der Waals surface area contributed by atoms with Gasteiger partial charge in [0.1, 0.15) is 0 Å². The number of urea groups is 1. The first-order valence-electron chi connectivity index (χ1n) is 8.89. The van der Waals surface area contributed by atoms with Gasteiger partial charge in [-0.25, -0.2) is 4.79 Å². The first-order chi connectivity index (χ1) is 12.1. The summed E-state index contributed by atoms with van der Waals surface area (Å²) >= 11 is 5.95. The summed E-state index contributed by atoms with van der Waals surface area (Å²) in [6, 6.07) is 6.97. The molecule has 1 aromatic carbocycles. The van der Waals surface area contributed by atoms with E-state index in [1.54, 1.807) is 23.1 Å². The molecule has 1 aliphatic heterocycles. The van der Waals surface area contributed by atoms with Crippen LogP contribution in [0.15, 0.2) is 36.4 Å². The SMILES string of the molecule is O=C(Nc1cccc(Cl)c1)N1CCCN(C(=O)C2CC=CCC2)CC1. The fourth-order valence-corrected chi connectivity index (χ4v) is 3.58. The number of halogens is 1. The smallest absolute Gasteiger partial charge is 0.321 e. The summed E-state index contributed by atoms with van der Waals surface area (Å²) < 4.78 is 0. The van der Waals surface area contributed by atoms with Crippen molar-refractivity contribution in [2.24, 2.45) is 5.92 Å². The lowest BCUT2D eigenvalue weighted by atomic mass is 9.93. The van der Waals surface area contributed by atoms with E-state index in [1.807, 2.05) is 11.0 Å². The van der Waals surface area contributed by atoms with Crippen LogP contribution in [0, 0.1) is 5.92 Å². The van der Waals surface area contributed by atoms with Crippen molar-refractivity contribution < 1.29 is 9.59 Å². The van der Waals surface area contributed by atoms with E-state index in [-0.39, 0.29) is 17.9 Å². The molecule has 6 heteroatoms. The second kappa shape index (κ2) is 8.39. The first kappa shape index (κ1) is 17.8. The number of benzene rings is 1. The van der Waals surface area contributed by atoms with Crippen LogP contribution in [0.5, 0.6) is 0 Å². The number of hydrogen-bond acceptors (Lipinski definition) is 2. The lowest BCUT2D eigenvalue weighted by molar-refractivity contribution is -0.135. The molecule has 25 heavy (non-hydrogen) atoms. The first-order valence-corrected chi connectivity index (χ1v) is 9.26. The number of anilines is 1. The standard InChI is InChI=1S/C19H24ClN3O2/c20-16-8-4-9-17(14-16)21-19(25)23-11-5-10-22(12-13-23)18(24)15-6-2-1-3-7-15/h1-2,4,8-9,14-15H,3,5-7,10-13H2,(H,21,25). The van der Waals surface area contributed by atoms with Crippen molar-refractivity contribution >= 4 is 29.2 Å². The summed E-state index contributed by atoms with van der Waals surface area (Å²) in [7, 11) is 0. The summed E-state index contributed by atoms with van der Waals surface area (Å²) in [5.74, 6) is 0.346. The van der Waals surface area contributed by atoms with Gasteiger partial charge in [0.25, 0.3) is 0 Å². The molecule has 3 rings (SSSR count).